The monoisotopic (exact) mass is 196 g/mol. The van der Waals surface area contributed by atoms with Crippen LogP contribution in [0.2, 0.25) is 0 Å². The van der Waals surface area contributed by atoms with Crippen molar-refractivity contribution >= 4 is 17.5 Å². The summed E-state index contributed by atoms with van der Waals surface area (Å²) in [5.74, 6) is 1.62. The number of Topliss-reactive ketones (excluding diaryl/α,β-unsaturated/α-hetero) is 1. The number of rotatable bonds is 0. The molecule has 0 aromatic heterocycles. The normalized spacial score (nSPS) is 27.4. The first-order chi connectivity index (χ1) is 6.11. The molecule has 2 aliphatic rings. The zero-order valence-electron chi connectivity index (χ0n) is 8.35. The molecule has 0 fully saturated rings. The van der Waals surface area contributed by atoms with E-state index in [0.29, 0.717) is 5.78 Å². The maximum Gasteiger partial charge on any atom is 0.160 e. The van der Waals surface area contributed by atoms with Crippen molar-refractivity contribution in [3.8, 4) is 0 Å². The molecule has 0 atom stereocenters. The number of hydrogen-bond acceptors (Lipinski definition) is 2. The Hall–Kier alpha value is -0.240. The van der Waals surface area contributed by atoms with Crippen LogP contribution in [0.1, 0.15) is 39.5 Å². The van der Waals surface area contributed by atoms with Crippen molar-refractivity contribution in [3.63, 3.8) is 0 Å². The van der Waals surface area contributed by atoms with E-state index < -0.39 is 0 Å². The van der Waals surface area contributed by atoms with Gasteiger partial charge < -0.3 is 0 Å². The van der Waals surface area contributed by atoms with Crippen LogP contribution in [0.5, 0.6) is 0 Å². The van der Waals surface area contributed by atoms with Gasteiger partial charge in [0.15, 0.2) is 5.78 Å². The van der Waals surface area contributed by atoms with Crippen LogP contribution in [0.25, 0.3) is 0 Å². The predicted octanol–water partition coefficient (Wildman–Crippen LogP) is 3.16. The van der Waals surface area contributed by atoms with Gasteiger partial charge in [0, 0.05) is 17.4 Å². The van der Waals surface area contributed by atoms with E-state index in [4.69, 9.17) is 0 Å². The summed E-state index contributed by atoms with van der Waals surface area (Å²) in [6.45, 7) is 4.40. The van der Waals surface area contributed by atoms with E-state index in [1.165, 1.54) is 23.5 Å². The molecule has 0 N–H and O–H groups in total. The summed E-state index contributed by atoms with van der Waals surface area (Å²) in [5.41, 5.74) is 1.30. The molecular weight excluding hydrogens is 180 g/mol. The SMILES string of the molecule is CC1(C)CC(=O)C2=C1SCCCC2. The van der Waals surface area contributed by atoms with Crippen LogP contribution in [-0.4, -0.2) is 11.5 Å². The minimum atomic E-state index is 0.140. The molecular formula is C11H16OS. The molecule has 1 nitrogen and oxygen atoms in total. The van der Waals surface area contributed by atoms with Gasteiger partial charge in [-0.3, -0.25) is 4.79 Å². The topological polar surface area (TPSA) is 17.1 Å². The Morgan fingerprint density at radius 1 is 1.31 bits per heavy atom. The zero-order chi connectivity index (χ0) is 9.47. The molecule has 72 valence electrons. The fourth-order valence-electron chi connectivity index (χ4n) is 2.24. The van der Waals surface area contributed by atoms with E-state index in [0.717, 1.165) is 18.4 Å². The van der Waals surface area contributed by atoms with E-state index in [1.54, 1.807) is 0 Å². The van der Waals surface area contributed by atoms with Crippen molar-refractivity contribution in [2.24, 2.45) is 5.41 Å². The fourth-order valence-corrected chi connectivity index (χ4v) is 3.64. The summed E-state index contributed by atoms with van der Waals surface area (Å²) in [6.07, 6.45) is 4.24. The molecule has 1 aliphatic heterocycles. The molecule has 0 spiro atoms. The standard InChI is InChI=1S/C11H16OS/c1-11(2)7-9(12)8-5-3-4-6-13-10(8)11/h3-7H2,1-2H3. The van der Waals surface area contributed by atoms with Crippen molar-refractivity contribution in [3.05, 3.63) is 10.5 Å². The van der Waals surface area contributed by atoms with Gasteiger partial charge in [-0.1, -0.05) is 13.8 Å². The van der Waals surface area contributed by atoms with E-state index in [2.05, 4.69) is 13.8 Å². The molecule has 0 aromatic rings. The molecule has 1 aliphatic carbocycles. The molecule has 0 saturated carbocycles. The summed E-state index contributed by atoms with van der Waals surface area (Å²) in [5, 5.41) is 0. The first kappa shape index (κ1) is 9.32. The zero-order valence-corrected chi connectivity index (χ0v) is 9.17. The van der Waals surface area contributed by atoms with Gasteiger partial charge in [-0.25, -0.2) is 0 Å². The average molecular weight is 196 g/mol. The van der Waals surface area contributed by atoms with E-state index in [1.807, 2.05) is 11.8 Å². The predicted molar refractivity (Wildman–Crippen MR) is 56.7 cm³/mol. The molecule has 2 heteroatoms. The number of hydrogen-bond donors (Lipinski definition) is 0. The Balaban J connectivity index is 2.36. The van der Waals surface area contributed by atoms with E-state index in [-0.39, 0.29) is 5.41 Å². The highest BCUT2D eigenvalue weighted by molar-refractivity contribution is 8.03. The van der Waals surface area contributed by atoms with Crippen LogP contribution in [0.4, 0.5) is 0 Å². The number of carbonyl (C=O) groups is 1. The summed E-state index contributed by atoms with van der Waals surface area (Å²) in [6, 6.07) is 0. The van der Waals surface area contributed by atoms with Gasteiger partial charge in [0.2, 0.25) is 0 Å². The molecule has 0 saturated heterocycles. The van der Waals surface area contributed by atoms with Crippen LogP contribution < -0.4 is 0 Å². The second-order valence-electron chi connectivity index (χ2n) is 4.60. The van der Waals surface area contributed by atoms with Gasteiger partial charge in [-0.2, -0.15) is 0 Å². The fraction of sp³-hybridized carbons (Fsp3) is 0.727. The summed E-state index contributed by atoms with van der Waals surface area (Å²) >= 11 is 1.92. The van der Waals surface area contributed by atoms with Crippen molar-refractivity contribution in [1.82, 2.24) is 0 Å². The molecule has 0 amide bonds. The van der Waals surface area contributed by atoms with E-state index in [9.17, 15) is 4.79 Å². The summed E-state index contributed by atoms with van der Waals surface area (Å²) in [4.78, 5) is 13.1. The lowest BCUT2D eigenvalue weighted by Crippen LogP contribution is -2.09. The Kier molecular flexibility index (Phi) is 2.26. The Morgan fingerprint density at radius 2 is 2.08 bits per heavy atom. The quantitative estimate of drug-likeness (QED) is 0.592. The average Bonchev–Trinajstić information content (AvgIpc) is 2.28. The molecule has 1 heterocycles. The number of allylic oxidation sites excluding steroid dienone is 2. The smallest absolute Gasteiger partial charge is 0.160 e. The van der Waals surface area contributed by atoms with Gasteiger partial charge in [0.25, 0.3) is 0 Å². The van der Waals surface area contributed by atoms with Gasteiger partial charge in [0.1, 0.15) is 0 Å². The van der Waals surface area contributed by atoms with Gasteiger partial charge >= 0.3 is 0 Å². The maximum absolute atomic E-state index is 11.7. The molecule has 0 aromatic carbocycles. The maximum atomic E-state index is 11.7. The highest BCUT2D eigenvalue weighted by atomic mass is 32.2. The lowest BCUT2D eigenvalue weighted by Gasteiger charge is -2.20. The third kappa shape index (κ3) is 1.56. The third-order valence-corrected chi connectivity index (χ3v) is 4.48. The molecule has 0 bridgehead atoms. The van der Waals surface area contributed by atoms with Crippen LogP contribution in [0, 0.1) is 5.41 Å². The van der Waals surface area contributed by atoms with E-state index >= 15 is 0 Å². The lowest BCUT2D eigenvalue weighted by atomic mass is 9.93. The van der Waals surface area contributed by atoms with Gasteiger partial charge in [0.05, 0.1) is 0 Å². The lowest BCUT2D eigenvalue weighted by molar-refractivity contribution is -0.116. The second-order valence-corrected chi connectivity index (χ2v) is 5.70. The number of carbonyl (C=O) groups excluding carboxylic acids is 1. The molecule has 0 radical (unpaired) electrons. The highest BCUT2D eigenvalue weighted by Crippen LogP contribution is 2.49. The molecule has 0 unspecified atom stereocenters. The molecule has 2 rings (SSSR count). The second kappa shape index (κ2) is 3.16. The van der Waals surface area contributed by atoms with Crippen LogP contribution >= 0.6 is 11.8 Å². The van der Waals surface area contributed by atoms with Gasteiger partial charge in [-0.15, -0.1) is 11.8 Å². The number of ketones is 1. The van der Waals surface area contributed by atoms with Gasteiger partial charge in [-0.05, 0) is 29.9 Å². The van der Waals surface area contributed by atoms with Crippen LogP contribution in [0.15, 0.2) is 10.5 Å². The van der Waals surface area contributed by atoms with Crippen molar-refractivity contribution in [2.45, 2.75) is 39.5 Å². The minimum absolute atomic E-state index is 0.140. The number of thioether (sulfide) groups is 1. The van der Waals surface area contributed by atoms with Crippen LogP contribution in [-0.2, 0) is 4.79 Å². The first-order valence-corrected chi connectivity index (χ1v) is 5.99. The first-order valence-electron chi connectivity index (χ1n) is 5.01. The van der Waals surface area contributed by atoms with Crippen molar-refractivity contribution < 1.29 is 4.79 Å². The minimum Gasteiger partial charge on any atom is -0.294 e. The van der Waals surface area contributed by atoms with Crippen LogP contribution in [0.3, 0.4) is 0 Å². The highest BCUT2D eigenvalue weighted by Gasteiger charge is 2.38. The summed E-state index contributed by atoms with van der Waals surface area (Å²) < 4.78 is 0. The van der Waals surface area contributed by atoms with Crippen molar-refractivity contribution in [2.75, 3.05) is 5.75 Å². The largest absolute Gasteiger partial charge is 0.294 e. The Morgan fingerprint density at radius 3 is 2.85 bits per heavy atom. The summed E-state index contributed by atoms with van der Waals surface area (Å²) in [7, 11) is 0. The van der Waals surface area contributed by atoms with Crippen molar-refractivity contribution in [1.29, 1.82) is 0 Å². The third-order valence-electron chi connectivity index (χ3n) is 2.90. The Bertz CT molecular complexity index is 276. The Labute approximate surface area is 84.0 Å². The molecule has 13 heavy (non-hydrogen) atoms.